The van der Waals surface area contributed by atoms with Gasteiger partial charge in [0.15, 0.2) is 11.5 Å². The highest BCUT2D eigenvalue weighted by atomic mass is 32.2. The number of nitrogens with zero attached hydrogens (tertiary/aromatic N) is 3. The van der Waals surface area contributed by atoms with Gasteiger partial charge in [-0.15, -0.1) is 0 Å². The molecule has 0 spiro atoms. The Kier molecular flexibility index (Phi) is 6.08. The SMILES string of the molecule is COc1ccc(-c2cn3cc(C4=CCN(S(=O)(=O)c5ccc(C)cc5)CC4)ccc3n2)cc1OC. The summed E-state index contributed by atoms with van der Waals surface area (Å²) in [6, 6.07) is 16.8. The lowest BCUT2D eigenvalue weighted by Crippen LogP contribution is -2.34. The first-order valence-corrected chi connectivity index (χ1v) is 12.8. The number of hydrogen-bond donors (Lipinski definition) is 0. The third-order valence-electron chi connectivity index (χ3n) is 6.33. The topological polar surface area (TPSA) is 73.1 Å². The minimum atomic E-state index is -3.50. The van der Waals surface area contributed by atoms with Gasteiger partial charge in [0.05, 0.1) is 24.8 Å². The van der Waals surface area contributed by atoms with Crippen molar-refractivity contribution in [2.45, 2.75) is 18.2 Å². The lowest BCUT2D eigenvalue weighted by molar-refractivity contribution is 0.355. The van der Waals surface area contributed by atoms with E-state index < -0.39 is 10.0 Å². The molecule has 0 amide bonds. The number of aromatic nitrogens is 2. The number of rotatable bonds is 6. The monoisotopic (exact) mass is 489 g/mol. The minimum absolute atomic E-state index is 0.336. The number of aryl methyl sites for hydroxylation is 1. The molecule has 1 aliphatic heterocycles. The molecule has 1 aliphatic rings. The number of benzene rings is 2. The molecular weight excluding hydrogens is 462 g/mol. The van der Waals surface area contributed by atoms with E-state index in [9.17, 15) is 8.42 Å². The molecule has 0 aliphatic carbocycles. The molecule has 0 fully saturated rings. The first-order chi connectivity index (χ1) is 16.9. The van der Waals surface area contributed by atoms with Crippen molar-refractivity contribution in [3.05, 3.63) is 84.2 Å². The third kappa shape index (κ3) is 4.42. The van der Waals surface area contributed by atoms with E-state index in [1.165, 1.54) is 4.31 Å². The van der Waals surface area contributed by atoms with Gasteiger partial charge in [0.25, 0.3) is 0 Å². The zero-order chi connectivity index (χ0) is 24.6. The van der Waals surface area contributed by atoms with Crippen LogP contribution >= 0.6 is 0 Å². The fraction of sp³-hybridized carbons (Fsp3) is 0.222. The van der Waals surface area contributed by atoms with Crippen molar-refractivity contribution in [3.8, 4) is 22.8 Å². The first-order valence-electron chi connectivity index (χ1n) is 11.4. The van der Waals surface area contributed by atoms with Crippen molar-refractivity contribution in [2.75, 3.05) is 27.3 Å². The average molecular weight is 490 g/mol. The van der Waals surface area contributed by atoms with Gasteiger partial charge >= 0.3 is 0 Å². The first kappa shape index (κ1) is 23.1. The van der Waals surface area contributed by atoms with Crippen molar-refractivity contribution >= 4 is 21.2 Å². The predicted octanol–water partition coefficient (Wildman–Crippen LogP) is 4.80. The molecule has 35 heavy (non-hydrogen) atoms. The number of hydrogen-bond acceptors (Lipinski definition) is 5. The van der Waals surface area contributed by atoms with Crippen molar-refractivity contribution in [3.63, 3.8) is 0 Å². The van der Waals surface area contributed by atoms with Crippen LogP contribution in [0.1, 0.15) is 17.5 Å². The molecule has 7 nitrogen and oxygen atoms in total. The van der Waals surface area contributed by atoms with Crippen LogP contribution < -0.4 is 9.47 Å². The van der Waals surface area contributed by atoms with Crippen LogP contribution in [-0.4, -0.2) is 49.4 Å². The van der Waals surface area contributed by atoms with Gasteiger partial charge in [0.2, 0.25) is 10.0 Å². The van der Waals surface area contributed by atoms with Gasteiger partial charge in [-0.2, -0.15) is 4.31 Å². The molecule has 4 aromatic rings. The van der Waals surface area contributed by atoms with Gasteiger partial charge in [0.1, 0.15) is 5.65 Å². The molecule has 0 unspecified atom stereocenters. The molecule has 0 N–H and O–H groups in total. The van der Waals surface area contributed by atoms with Crippen LogP contribution in [0.15, 0.2) is 78.0 Å². The molecule has 0 saturated carbocycles. The lowest BCUT2D eigenvalue weighted by Gasteiger charge is -2.26. The maximum Gasteiger partial charge on any atom is 0.243 e. The molecule has 0 bridgehead atoms. The van der Waals surface area contributed by atoms with Crippen LogP contribution in [0.2, 0.25) is 0 Å². The van der Waals surface area contributed by atoms with Crippen LogP contribution in [-0.2, 0) is 10.0 Å². The Morgan fingerprint density at radius 1 is 0.886 bits per heavy atom. The predicted molar refractivity (Wildman–Crippen MR) is 136 cm³/mol. The smallest absolute Gasteiger partial charge is 0.243 e. The molecule has 8 heteroatoms. The quantitative estimate of drug-likeness (QED) is 0.389. The van der Waals surface area contributed by atoms with E-state index in [0.29, 0.717) is 35.9 Å². The summed E-state index contributed by atoms with van der Waals surface area (Å²) in [5.41, 5.74) is 5.81. The fourth-order valence-corrected chi connectivity index (χ4v) is 5.69. The van der Waals surface area contributed by atoms with Crippen molar-refractivity contribution < 1.29 is 17.9 Å². The second kappa shape index (κ2) is 9.20. The molecule has 3 heterocycles. The fourth-order valence-electron chi connectivity index (χ4n) is 4.31. The van der Waals surface area contributed by atoms with E-state index in [0.717, 1.165) is 33.6 Å². The van der Waals surface area contributed by atoms with Gasteiger partial charge < -0.3 is 13.9 Å². The Morgan fingerprint density at radius 2 is 1.63 bits per heavy atom. The lowest BCUT2D eigenvalue weighted by atomic mass is 10.0. The van der Waals surface area contributed by atoms with Crippen molar-refractivity contribution in [2.24, 2.45) is 0 Å². The Hall–Kier alpha value is -3.62. The largest absolute Gasteiger partial charge is 0.493 e. The second-order valence-corrected chi connectivity index (χ2v) is 10.5. The molecule has 0 atom stereocenters. The summed E-state index contributed by atoms with van der Waals surface area (Å²) in [7, 11) is -0.277. The summed E-state index contributed by atoms with van der Waals surface area (Å²) in [6.45, 7) is 2.74. The third-order valence-corrected chi connectivity index (χ3v) is 8.21. The number of ether oxygens (including phenoxy) is 2. The molecule has 2 aromatic carbocycles. The standard InChI is InChI=1S/C27H27N3O4S/c1-19-4-8-23(9-5-19)35(31,32)30-14-12-20(13-15-30)22-7-11-27-28-24(18-29(27)17-22)21-6-10-25(33-2)26(16-21)34-3/h4-12,16-18H,13-15H2,1-3H3. The summed E-state index contributed by atoms with van der Waals surface area (Å²) in [5.74, 6) is 1.32. The van der Waals surface area contributed by atoms with Gasteiger partial charge in [-0.1, -0.05) is 23.8 Å². The molecular formula is C27H27N3O4S. The molecule has 2 aromatic heterocycles. The van der Waals surface area contributed by atoms with Gasteiger partial charge in [-0.25, -0.2) is 13.4 Å². The number of imidazole rings is 1. The van der Waals surface area contributed by atoms with E-state index in [1.54, 1.807) is 26.4 Å². The Bertz CT molecular complexity index is 1520. The maximum absolute atomic E-state index is 13.0. The summed E-state index contributed by atoms with van der Waals surface area (Å²) in [4.78, 5) is 5.08. The summed E-state index contributed by atoms with van der Waals surface area (Å²) in [5, 5.41) is 0. The van der Waals surface area contributed by atoms with E-state index >= 15 is 0 Å². The normalized spacial score (nSPS) is 14.7. The van der Waals surface area contributed by atoms with Crippen LogP contribution in [0.3, 0.4) is 0 Å². The summed E-state index contributed by atoms with van der Waals surface area (Å²) in [6.07, 6.45) is 6.68. The maximum atomic E-state index is 13.0. The molecule has 0 saturated heterocycles. The van der Waals surface area contributed by atoms with Gasteiger partial charge in [0, 0.05) is 31.0 Å². The highest BCUT2D eigenvalue weighted by molar-refractivity contribution is 7.89. The van der Waals surface area contributed by atoms with E-state index in [2.05, 4.69) is 0 Å². The zero-order valence-corrected chi connectivity index (χ0v) is 20.7. The van der Waals surface area contributed by atoms with E-state index in [-0.39, 0.29) is 0 Å². The number of fused-ring (bicyclic) bond motifs is 1. The van der Waals surface area contributed by atoms with Crippen molar-refractivity contribution in [1.82, 2.24) is 13.7 Å². The Morgan fingerprint density at radius 3 is 2.31 bits per heavy atom. The van der Waals surface area contributed by atoms with Crippen LogP contribution in [0, 0.1) is 6.92 Å². The average Bonchev–Trinajstić information content (AvgIpc) is 3.32. The molecule has 0 radical (unpaired) electrons. The van der Waals surface area contributed by atoms with Crippen LogP contribution in [0.25, 0.3) is 22.5 Å². The summed E-state index contributed by atoms with van der Waals surface area (Å²) < 4.78 is 40.3. The van der Waals surface area contributed by atoms with Crippen molar-refractivity contribution in [1.29, 1.82) is 0 Å². The van der Waals surface area contributed by atoms with Gasteiger partial charge in [-0.3, -0.25) is 0 Å². The Balaban J connectivity index is 1.38. The highest BCUT2D eigenvalue weighted by Crippen LogP contribution is 2.32. The Labute approximate surface area is 205 Å². The molecule has 5 rings (SSSR count). The number of sulfonamides is 1. The molecule has 180 valence electrons. The second-order valence-electron chi connectivity index (χ2n) is 8.53. The van der Waals surface area contributed by atoms with Crippen LogP contribution in [0.5, 0.6) is 11.5 Å². The summed E-state index contributed by atoms with van der Waals surface area (Å²) >= 11 is 0. The number of methoxy groups -OCH3 is 2. The minimum Gasteiger partial charge on any atom is -0.493 e. The zero-order valence-electron chi connectivity index (χ0n) is 19.9. The van der Waals surface area contributed by atoms with E-state index in [1.807, 2.05) is 72.3 Å². The van der Waals surface area contributed by atoms with Gasteiger partial charge in [-0.05, 0) is 66.9 Å². The highest BCUT2D eigenvalue weighted by Gasteiger charge is 2.26. The van der Waals surface area contributed by atoms with E-state index in [4.69, 9.17) is 14.5 Å². The number of pyridine rings is 1. The van der Waals surface area contributed by atoms with Crippen LogP contribution in [0.4, 0.5) is 0 Å².